The van der Waals surface area contributed by atoms with Crippen LogP contribution in [0.1, 0.15) is 27.0 Å². The number of nitrogens with one attached hydrogen (secondary N) is 1. The maximum atomic E-state index is 12.8. The van der Waals surface area contributed by atoms with Gasteiger partial charge in [0.2, 0.25) is 0 Å². The molecule has 1 N–H and O–H groups in total. The fourth-order valence-corrected chi connectivity index (χ4v) is 4.24. The van der Waals surface area contributed by atoms with Gasteiger partial charge in [-0.25, -0.2) is 0 Å². The van der Waals surface area contributed by atoms with E-state index in [2.05, 4.69) is 21.7 Å². The molecule has 1 unspecified atom stereocenters. The van der Waals surface area contributed by atoms with E-state index in [9.17, 15) is 4.79 Å². The molecule has 1 saturated heterocycles. The van der Waals surface area contributed by atoms with E-state index in [0.717, 1.165) is 37.6 Å². The van der Waals surface area contributed by atoms with Crippen molar-refractivity contribution in [3.63, 3.8) is 0 Å². The van der Waals surface area contributed by atoms with Crippen molar-refractivity contribution in [1.82, 2.24) is 10.2 Å². The monoisotopic (exact) mass is 412 g/mol. The van der Waals surface area contributed by atoms with Crippen LogP contribution >= 0.6 is 11.3 Å². The average Bonchev–Trinajstić information content (AvgIpc) is 3.46. The molecule has 7 heteroatoms. The van der Waals surface area contributed by atoms with Crippen molar-refractivity contribution in [3.05, 3.63) is 76.4 Å². The van der Waals surface area contributed by atoms with Gasteiger partial charge in [0.25, 0.3) is 5.91 Å². The standard InChI is InChI=1S/C22H24N2O4S/c25-22(21-17(8-11-27-21)16-28-18-5-2-1-3-6-18)23-15-19(20-7-4-14-29-20)24-9-12-26-13-10-24/h1-8,11,14,19H,9-10,12-13,15-16H2,(H,23,25). The molecule has 1 fully saturated rings. The largest absolute Gasteiger partial charge is 0.489 e. The van der Waals surface area contributed by atoms with E-state index in [1.807, 2.05) is 36.4 Å². The average molecular weight is 413 g/mol. The molecular weight excluding hydrogens is 388 g/mol. The van der Waals surface area contributed by atoms with Crippen LogP contribution in [0.25, 0.3) is 0 Å². The molecule has 152 valence electrons. The van der Waals surface area contributed by atoms with Crippen molar-refractivity contribution in [1.29, 1.82) is 0 Å². The molecule has 0 spiro atoms. The number of para-hydroxylation sites is 1. The van der Waals surface area contributed by atoms with Crippen LogP contribution in [0.3, 0.4) is 0 Å². The Morgan fingerprint density at radius 3 is 2.72 bits per heavy atom. The summed E-state index contributed by atoms with van der Waals surface area (Å²) in [6.07, 6.45) is 1.53. The molecule has 0 radical (unpaired) electrons. The van der Waals surface area contributed by atoms with E-state index in [4.69, 9.17) is 13.9 Å². The molecule has 6 nitrogen and oxygen atoms in total. The molecule has 1 amide bonds. The summed E-state index contributed by atoms with van der Waals surface area (Å²) >= 11 is 1.71. The van der Waals surface area contributed by atoms with Crippen LogP contribution in [-0.2, 0) is 11.3 Å². The van der Waals surface area contributed by atoms with Crippen molar-refractivity contribution in [2.24, 2.45) is 0 Å². The first kappa shape index (κ1) is 19.7. The lowest BCUT2D eigenvalue weighted by Crippen LogP contribution is -2.43. The quantitative estimate of drug-likeness (QED) is 0.611. The van der Waals surface area contributed by atoms with Crippen LogP contribution in [0.5, 0.6) is 5.75 Å². The zero-order valence-electron chi connectivity index (χ0n) is 16.1. The Balaban J connectivity index is 1.39. The summed E-state index contributed by atoms with van der Waals surface area (Å²) in [6, 6.07) is 15.6. The third-order valence-corrected chi connectivity index (χ3v) is 5.88. The molecule has 1 aliphatic heterocycles. The second-order valence-electron chi connectivity index (χ2n) is 6.77. The van der Waals surface area contributed by atoms with Crippen LogP contribution in [0.2, 0.25) is 0 Å². The number of carbonyl (C=O) groups is 1. The Bertz CT molecular complexity index is 889. The number of hydrogen-bond acceptors (Lipinski definition) is 6. The van der Waals surface area contributed by atoms with Crippen molar-refractivity contribution in [2.75, 3.05) is 32.8 Å². The first-order valence-corrected chi connectivity index (χ1v) is 10.6. The SMILES string of the molecule is O=C(NCC(c1cccs1)N1CCOCC1)c1occc1COc1ccccc1. The highest BCUT2D eigenvalue weighted by atomic mass is 32.1. The molecule has 4 rings (SSSR count). The van der Waals surface area contributed by atoms with Crippen LogP contribution in [0.4, 0.5) is 0 Å². The zero-order chi connectivity index (χ0) is 19.9. The van der Waals surface area contributed by atoms with Gasteiger partial charge in [-0.2, -0.15) is 0 Å². The molecule has 2 aromatic heterocycles. The van der Waals surface area contributed by atoms with Gasteiger partial charge < -0.3 is 19.2 Å². The normalized spacial score (nSPS) is 15.7. The summed E-state index contributed by atoms with van der Waals surface area (Å²) in [6.45, 7) is 3.94. The highest BCUT2D eigenvalue weighted by Gasteiger charge is 2.25. The fraction of sp³-hybridized carbons (Fsp3) is 0.318. The molecule has 1 aliphatic rings. The van der Waals surface area contributed by atoms with Gasteiger partial charge in [-0.15, -0.1) is 11.3 Å². The second kappa shape index (κ2) is 9.73. The van der Waals surface area contributed by atoms with E-state index in [1.54, 1.807) is 17.4 Å². The summed E-state index contributed by atoms with van der Waals surface area (Å²) in [7, 11) is 0. The first-order chi connectivity index (χ1) is 14.3. The van der Waals surface area contributed by atoms with Gasteiger partial charge in [0.15, 0.2) is 5.76 Å². The maximum absolute atomic E-state index is 12.8. The number of rotatable bonds is 8. The number of thiophene rings is 1. The minimum Gasteiger partial charge on any atom is -0.489 e. The Morgan fingerprint density at radius 1 is 1.14 bits per heavy atom. The summed E-state index contributed by atoms with van der Waals surface area (Å²) < 4.78 is 16.7. The van der Waals surface area contributed by atoms with E-state index >= 15 is 0 Å². The lowest BCUT2D eigenvalue weighted by molar-refractivity contribution is 0.0168. The van der Waals surface area contributed by atoms with Gasteiger partial charge >= 0.3 is 0 Å². The van der Waals surface area contributed by atoms with Gasteiger partial charge in [0, 0.05) is 30.1 Å². The van der Waals surface area contributed by atoms with Crippen molar-refractivity contribution in [3.8, 4) is 5.75 Å². The molecule has 0 saturated carbocycles. The van der Waals surface area contributed by atoms with Gasteiger partial charge in [0.1, 0.15) is 12.4 Å². The predicted molar refractivity (Wildman–Crippen MR) is 111 cm³/mol. The Labute approximate surface area is 174 Å². The number of furan rings is 1. The predicted octanol–water partition coefficient (Wildman–Crippen LogP) is 3.72. The van der Waals surface area contributed by atoms with Gasteiger partial charge in [0.05, 0.1) is 25.5 Å². The van der Waals surface area contributed by atoms with Gasteiger partial charge in [-0.05, 0) is 29.6 Å². The highest BCUT2D eigenvalue weighted by molar-refractivity contribution is 7.10. The number of morpholine rings is 1. The summed E-state index contributed by atoms with van der Waals surface area (Å²) in [5.41, 5.74) is 0.727. The molecule has 3 heterocycles. The number of amides is 1. The van der Waals surface area contributed by atoms with E-state index in [1.165, 1.54) is 11.1 Å². The zero-order valence-corrected chi connectivity index (χ0v) is 16.9. The number of benzene rings is 1. The van der Waals surface area contributed by atoms with Crippen LogP contribution in [0.15, 0.2) is 64.6 Å². The number of nitrogens with zero attached hydrogens (tertiary/aromatic N) is 1. The summed E-state index contributed by atoms with van der Waals surface area (Å²) in [5, 5.41) is 5.11. The smallest absolute Gasteiger partial charge is 0.287 e. The highest BCUT2D eigenvalue weighted by Crippen LogP contribution is 2.25. The summed E-state index contributed by atoms with van der Waals surface area (Å²) in [5.74, 6) is 0.828. The molecule has 29 heavy (non-hydrogen) atoms. The summed E-state index contributed by atoms with van der Waals surface area (Å²) in [4.78, 5) is 16.4. The van der Waals surface area contributed by atoms with E-state index in [-0.39, 0.29) is 18.6 Å². The van der Waals surface area contributed by atoms with E-state index in [0.29, 0.717) is 12.3 Å². The van der Waals surface area contributed by atoms with Crippen LogP contribution < -0.4 is 10.1 Å². The minimum atomic E-state index is -0.225. The lowest BCUT2D eigenvalue weighted by Gasteiger charge is -2.34. The third kappa shape index (κ3) is 5.06. The fourth-order valence-electron chi connectivity index (χ4n) is 3.38. The Kier molecular flexibility index (Phi) is 6.61. The van der Waals surface area contributed by atoms with Gasteiger partial charge in [-0.1, -0.05) is 24.3 Å². The molecule has 1 atom stereocenters. The van der Waals surface area contributed by atoms with Crippen molar-refractivity contribution in [2.45, 2.75) is 12.6 Å². The van der Waals surface area contributed by atoms with Crippen molar-refractivity contribution < 1.29 is 18.7 Å². The molecular formula is C22H24N2O4S. The molecule has 0 aliphatic carbocycles. The minimum absolute atomic E-state index is 0.127. The van der Waals surface area contributed by atoms with Crippen molar-refractivity contribution >= 4 is 17.2 Å². The maximum Gasteiger partial charge on any atom is 0.287 e. The number of hydrogen-bond donors (Lipinski definition) is 1. The molecule has 0 bridgehead atoms. The molecule has 3 aromatic rings. The Hall–Kier alpha value is -2.61. The van der Waals surface area contributed by atoms with Crippen LogP contribution in [0, 0.1) is 0 Å². The van der Waals surface area contributed by atoms with Crippen LogP contribution in [-0.4, -0.2) is 43.7 Å². The van der Waals surface area contributed by atoms with E-state index < -0.39 is 0 Å². The lowest BCUT2D eigenvalue weighted by atomic mass is 10.1. The molecule has 1 aromatic carbocycles. The van der Waals surface area contributed by atoms with Gasteiger partial charge in [-0.3, -0.25) is 9.69 Å². The Morgan fingerprint density at radius 2 is 1.97 bits per heavy atom. The number of ether oxygens (including phenoxy) is 2. The number of carbonyl (C=O) groups excluding carboxylic acids is 1. The topological polar surface area (TPSA) is 63.9 Å². The first-order valence-electron chi connectivity index (χ1n) is 9.69. The second-order valence-corrected chi connectivity index (χ2v) is 7.75. The third-order valence-electron chi connectivity index (χ3n) is 4.90.